The van der Waals surface area contributed by atoms with Crippen LogP contribution in [-0.4, -0.2) is 34.7 Å². The fraction of sp³-hybridized carbons (Fsp3) is 0.167. The van der Waals surface area contributed by atoms with E-state index >= 15 is 0 Å². The largest absolute Gasteiger partial charge is 0.422 e. The standard InChI is InChI=1S/C24H16N2O8/c1-12-14-7-6-13(25-22(30)15-4-2-3-5-16(15)23(25)31)10-18(14)33-24(32)17(12)11-21(29)34-26-19(27)8-9-20(26)28/h2-7,10H,8-9,11H2,1H3. The molecule has 1 aromatic heterocycles. The molecule has 2 aromatic carbocycles. The number of fused-ring (bicyclic) bond motifs is 2. The summed E-state index contributed by atoms with van der Waals surface area (Å²) in [5.74, 6) is -3.17. The third-order valence-electron chi connectivity index (χ3n) is 5.84. The summed E-state index contributed by atoms with van der Waals surface area (Å²) >= 11 is 0. The SMILES string of the molecule is Cc1c(CC(=O)ON2C(=O)CCC2=O)c(=O)oc2cc(N3C(=O)c4ccccc4C3=O)ccc12. The van der Waals surface area contributed by atoms with Crippen LogP contribution in [0, 0.1) is 6.92 Å². The van der Waals surface area contributed by atoms with Gasteiger partial charge in [-0.05, 0) is 36.8 Å². The Morgan fingerprint density at radius 3 is 2.18 bits per heavy atom. The first-order valence-corrected chi connectivity index (χ1v) is 10.4. The van der Waals surface area contributed by atoms with E-state index in [1.165, 1.54) is 6.07 Å². The third-order valence-corrected chi connectivity index (χ3v) is 5.84. The molecule has 0 atom stereocenters. The van der Waals surface area contributed by atoms with Crippen molar-refractivity contribution in [2.75, 3.05) is 4.90 Å². The third kappa shape index (κ3) is 3.27. The van der Waals surface area contributed by atoms with Crippen LogP contribution in [0.25, 0.3) is 11.0 Å². The molecule has 3 aromatic rings. The zero-order chi connectivity index (χ0) is 24.1. The smallest absolute Gasteiger partial charge is 0.340 e. The molecular formula is C24H16N2O8. The van der Waals surface area contributed by atoms with Gasteiger partial charge in [-0.15, -0.1) is 5.06 Å². The van der Waals surface area contributed by atoms with Crippen molar-refractivity contribution in [3.05, 3.63) is 75.1 Å². The lowest BCUT2D eigenvalue weighted by molar-refractivity contribution is -0.197. The highest BCUT2D eigenvalue weighted by Crippen LogP contribution is 2.31. The average molecular weight is 460 g/mol. The topological polar surface area (TPSA) is 131 Å². The Bertz CT molecular complexity index is 1450. The van der Waals surface area contributed by atoms with Crippen molar-refractivity contribution in [2.24, 2.45) is 0 Å². The van der Waals surface area contributed by atoms with Gasteiger partial charge in [-0.1, -0.05) is 12.1 Å². The van der Waals surface area contributed by atoms with Crippen LogP contribution in [0.1, 0.15) is 44.7 Å². The molecule has 2 aliphatic heterocycles. The minimum atomic E-state index is -0.957. The molecule has 34 heavy (non-hydrogen) atoms. The first-order chi connectivity index (χ1) is 16.3. The Morgan fingerprint density at radius 2 is 1.56 bits per heavy atom. The lowest BCUT2D eigenvalue weighted by atomic mass is 10.0. The van der Waals surface area contributed by atoms with Crippen LogP contribution >= 0.6 is 0 Å². The number of hydrogen-bond acceptors (Lipinski definition) is 8. The molecule has 0 saturated carbocycles. The lowest BCUT2D eigenvalue weighted by Gasteiger charge is -2.15. The molecule has 10 heteroatoms. The van der Waals surface area contributed by atoms with Crippen molar-refractivity contribution in [3.63, 3.8) is 0 Å². The van der Waals surface area contributed by atoms with Crippen LogP contribution < -0.4 is 10.5 Å². The molecule has 0 bridgehead atoms. The Morgan fingerprint density at radius 1 is 0.941 bits per heavy atom. The zero-order valence-corrected chi connectivity index (χ0v) is 17.8. The number of amides is 4. The number of anilines is 1. The van der Waals surface area contributed by atoms with Crippen molar-refractivity contribution in [2.45, 2.75) is 26.2 Å². The summed E-state index contributed by atoms with van der Waals surface area (Å²) in [5, 5.41) is 0.894. The number of imide groups is 2. The molecule has 4 amide bonds. The van der Waals surface area contributed by atoms with Gasteiger partial charge in [0.1, 0.15) is 5.58 Å². The summed E-state index contributed by atoms with van der Waals surface area (Å²) in [6.45, 7) is 1.61. The van der Waals surface area contributed by atoms with Crippen LogP contribution in [0.3, 0.4) is 0 Å². The van der Waals surface area contributed by atoms with Gasteiger partial charge in [0, 0.05) is 24.3 Å². The Labute approximate surface area is 191 Å². The number of hydrogen-bond donors (Lipinski definition) is 0. The van der Waals surface area contributed by atoms with E-state index in [1.807, 2.05) is 0 Å². The summed E-state index contributed by atoms with van der Waals surface area (Å²) < 4.78 is 5.37. The predicted molar refractivity (Wildman–Crippen MR) is 116 cm³/mol. The van der Waals surface area contributed by atoms with Crippen LogP contribution in [-0.2, 0) is 25.6 Å². The fourth-order valence-electron chi connectivity index (χ4n) is 4.09. The first-order valence-electron chi connectivity index (χ1n) is 10.4. The molecule has 10 nitrogen and oxygen atoms in total. The summed E-state index contributed by atoms with van der Waals surface area (Å²) in [6.07, 6.45) is -0.599. The molecule has 0 radical (unpaired) electrons. The van der Waals surface area contributed by atoms with E-state index in [0.717, 1.165) is 4.90 Å². The maximum absolute atomic E-state index is 12.8. The summed E-state index contributed by atoms with van der Waals surface area (Å²) in [5.41, 5.74) is 0.544. The van der Waals surface area contributed by atoms with Crippen molar-refractivity contribution in [1.82, 2.24) is 5.06 Å². The second-order valence-electron chi connectivity index (χ2n) is 7.89. The van der Waals surface area contributed by atoms with Crippen molar-refractivity contribution in [1.29, 1.82) is 0 Å². The molecule has 170 valence electrons. The van der Waals surface area contributed by atoms with Gasteiger partial charge in [0.15, 0.2) is 0 Å². The van der Waals surface area contributed by atoms with Gasteiger partial charge in [0.2, 0.25) is 0 Å². The summed E-state index contributed by atoms with van der Waals surface area (Å²) in [6, 6.07) is 11.0. The molecular weight excluding hydrogens is 444 g/mol. The molecule has 1 fully saturated rings. The maximum Gasteiger partial charge on any atom is 0.340 e. The summed E-state index contributed by atoms with van der Waals surface area (Å²) in [4.78, 5) is 79.5. The first kappa shape index (κ1) is 21.3. The minimum Gasteiger partial charge on any atom is -0.422 e. The van der Waals surface area contributed by atoms with Gasteiger partial charge in [-0.2, -0.15) is 0 Å². The van der Waals surface area contributed by atoms with Gasteiger partial charge in [-0.25, -0.2) is 14.5 Å². The molecule has 5 rings (SSSR count). The number of nitrogens with zero attached hydrogens (tertiary/aromatic N) is 2. The second kappa shape index (κ2) is 7.77. The van der Waals surface area contributed by atoms with Crippen molar-refractivity contribution >= 4 is 46.3 Å². The molecule has 0 N–H and O–H groups in total. The average Bonchev–Trinajstić information content (AvgIpc) is 3.26. The van der Waals surface area contributed by atoms with Crippen LogP contribution in [0.2, 0.25) is 0 Å². The lowest BCUT2D eigenvalue weighted by Crippen LogP contribution is -2.33. The minimum absolute atomic E-state index is 0.00470. The number of benzene rings is 2. The number of hydroxylamine groups is 2. The van der Waals surface area contributed by atoms with Gasteiger partial charge < -0.3 is 9.25 Å². The predicted octanol–water partition coefficient (Wildman–Crippen LogP) is 2.05. The molecule has 0 aliphatic carbocycles. The molecule has 3 heterocycles. The van der Waals surface area contributed by atoms with Gasteiger partial charge in [-0.3, -0.25) is 19.2 Å². The zero-order valence-electron chi connectivity index (χ0n) is 17.8. The Kier molecular flexibility index (Phi) is 4.85. The van der Waals surface area contributed by atoms with E-state index in [1.54, 1.807) is 43.3 Å². The summed E-state index contributed by atoms with van der Waals surface area (Å²) in [7, 11) is 0. The fourth-order valence-corrected chi connectivity index (χ4v) is 4.09. The van der Waals surface area contributed by atoms with Gasteiger partial charge in [0.05, 0.1) is 28.8 Å². The van der Waals surface area contributed by atoms with Crippen molar-refractivity contribution < 1.29 is 33.2 Å². The molecule has 0 spiro atoms. The number of rotatable bonds is 4. The van der Waals surface area contributed by atoms with Crippen molar-refractivity contribution in [3.8, 4) is 0 Å². The van der Waals surface area contributed by atoms with E-state index in [2.05, 4.69) is 0 Å². The van der Waals surface area contributed by atoms with E-state index in [0.29, 0.717) is 16.0 Å². The monoisotopic (exact) mass is 460 g/mol. The maximum atomic E-state index is 12.8. The Hall–Kier alpha value is -4.60. The number of aryl methyl sites for hydroxylation is 1. The molecule has 0 unspecified atom stereocenters. The van der Waals surface area contributed by atoms with E-state index in [-0.39, 0.29) is 40.8 Å². The highest BCUT2D eigenvalue weighted by atomic mass is 16.7. The van der Waals surface area contributed by atoms with Gasteiger partial charge >= 0.3 is 11.6 Å². The highest BCUT2D eigenvalue weighted by molar-refractivity contribution is 6.34. The van der Waals surface area contributed by atoms with E-state index in [9.17, 15) is 28.8 Å². The van der Waals surface area contributed by atoms with Gasteiger partial charge in [0.25, 0.3) is 23.6 Å². The number of carbonyl (C=O) groups excluding carboxylic acids is 5. The Balaban J connectivity index is 1.45. The normalized spacial score (nSPS) is 15.4. The van der Waals surface area contributed by atoms with E-state index < -0.39 is 41.6 Å². The molecule has 1 saturated heterocycles. The van der Waals surface area contributed by atoms with E-state index in [4.69, 9.17) is 9.25 Å². The van der Waals surface area contributed by atoms with Crippen LogP contribution in [0.4, 0.5) is 5.69 Å². The highest BCUT2D eigenvalue weighted by Gasteiger charge is 2.37. The quantitative estimate of drug-likeness (QED) is 0.427. The van der Waals surface area contributed by atoms with Crippen LogP contribution in [0.5, 0.6) is 0 Å². The van der Waals surface area contributed by atoms with Crippen LogP contribution in [0.15, 0.2) is 51.7 Å². The molecule has 2 aliphatic rings. The second-order valence-corrected chi connectivity index (χ2v) is 7.89. The number of carbonyl (C=O) groups is 5.